The molecule has 0 unspecified atom stereocenters. The molecule has 1 heterocycles. The summed E-state index contributed by atoms with van der Waals surface area (Å²) in [7, 11) is 1.50. The number of hydrogen-bond acceptors (Lipinski definition) is 6. The van der Waals surface area contributed by atoms with Crippen LogP contribution in [0.1, 0.15) is 0 Å². The van der Waals surface area contributed by atoms with Gasteiger partial charge in [0.25, 0.3) is 5.91 Å². The molecule has 21 heavy (non-hydrogen) atoms. The Morgan fingerprint density at radius 1 is 1.24 bits per heavy atom. The van der Waals surface area contributed by atoms with Crippen LogP contribution in [0.25, 0.3) is 11.5 Å². The van der Waals surface area contributed by atoms with Crippen molar-refractivity contribution in [1.29, 1.82) is 0 Å². The average molecular weight is 290 g/mol. The highest BCUT2D eigenvalue weighted by Crippen LogP contribution is 2.19. The molecule has 0 spiro atoms. The van der Waals surface area contributed by atoms with Crippen LogP contribution in [0.15, 0.2) is 35.1 Å². The highest BCUT2D eigenvalue weighted by atomic mass is 16.5. The number of nitrogens with zero attached hydrogens (tertiary/aromatic N) is 2. The molecule has 0 aliphatic carbocycles. The van der Waals surface area contributed by atoms with Crippen LogP contribution in [0.2, 0.25) is 0 Å². The summed E-state index contributed by atoms with van der Waals surface area (Å²) in [5.41, 5.74) is 0.754. The second-order valence-electron chi connectivity index (χ2n) is 4.01. The van der Waals surface area contributed by atoms with Crippen LogP contribution in [0.4, 0.5) is 0 Å². The lowest BCUT2D eigenvalue weighted by atomic mass is 10.2. The summed E-state index contributed by atoms with van der Waals surface area (Å²) in [6, 6.07) is 6.85. The maximum absolute atomic E-state index is 11.4. The molecule has 0 radical (unpaired) electrons. The Balaban J connectivity index is 1.81. The normalized spacial score (nSPS) is 9.95. The third-order valence-corrected chi connectivity index (χ3v) is 2.56. The van der Waals surface area contributed by atoms with E-state index in [0.29, 0.717) is 11.6 Å². The number of rotatable bonds is 6. The second-order valence-corrected chi connectivity index (χ2v) is 4.01. The molecule has 110 valence electrons. The largest absolute Gasteiger partial charge is 0.484 e. The first-order valence-electron chi connectivity index (χ1n) is 6.15. The number of aromatic nitrogens is 2. The van der Waals surface area contributed by atoms with Crippen molar-refractivity contribution in [2.45, 2.75) is 0 Å². The third-order valence-electron chi connectivity index (χ3n) is 2.56. The molecule has 2 amide bonds. The van der Waals surface area contributed by atoms with Crippen molar-refractivity contribution >= 4 is 11.8 Å². The SMILES string of the molecule is CNC(=O)CNC(=O)COc1ccc(-c2nnco2)cc1. The fraction of sp³-hybridized carbons (Fsp3) is 0.231. The van der Waals surface area contributed by atoms with Gasteiger partial charge in [-0.25, -0.2) is 0 Å². The highest BCUT2D eigenvalue weighted by Gasteiger charge is 2.06. The van der Waals surface area contributed by atoms with Gasteiger partial charge in [-0.15, -0.1) is 10.2 Å². The van der Waals surface area contributed by atoms with Gasteiger partial charge < -0.3 is 19.8 Å². The van der Waals surface area contributed by atoms with Crippen LogP contribution in [-0.2, 0) is 9.59 Å². The first kappa shape index (κ1) is 14.5. The van der Waals surface area contributed by atoms with Crippen molar-refractivity contribution in [3.05, 3.63) is 30.7 Å². The summed E-state index contributed by atoms with van der Waals surface area (Å²) in [4.78, 5) is 22.4. The molecule has 2 rings (SSSR count). The van der Waals surface area contributed by atoms with E-state index >= 15 is 0 Å². The van der Waals surface area contributed by atoms with Gasteiger partial charge >= 0.3 is 0 Å². The summed E-state index contributed by atoms with van der Waals surface area (Å²) >= 11 is 0. The minimum Gasteiger partial charge on any atom is -0.484 e. The van der Waals surface area contributed by atoms with Crippen molar-refractivity contribution < 1.29 is 18.7 Å². The maximum Gasteiger partial charge on any atom is 0.258 e. The van der Waals surface area contributed by atoms with Crippen molar-refractivity contribution in [2.75, 3.05) is 20.2 Å². The van der Waals surface area contributed by atoms with Gasteiger partial charge in [-0.05, 0) is 24.3 Å². The Labute approximate surface area is 120 Å². The molecule has 0 saturated heterocycles. The number of benzene rings is 1. The summed E-state index contributed by atoms with van der Waals surface area (Å²) in [5.74, 6) is 0.282. The number of ether oxygens (including phenoxy) is 1. The zero-order chi connectivity index (χ0) is 15.1. The molecule has 1 aromatic carbocycles. The van der Waals surface area contributed by atoms with Crippen molar-refractivity contribution in [1.82, 2.24) is 20.8 Å². The molecule has 2 N–H and O–H groups in total. The number of hydrogen-bond donors (Lipinski definition) is 2. The Kier molecular flexibility index (Phi) is 4.86. The van der Waals surface area contributed by atoms with E-state index in [9.17, 15) is 9.59 Å². The van der Waals surface area contributed by atoms with Gasteiger partial charge in [-0.3, -0.25) is 9.59 Å². The van der Waals surface area contributed by atoms with E-state index in [1.54, 1.807) is 24.3 Å². The lowest BCUT2D eigenvalue weighted by molar-refractivity contribution is -0.127. The zero-order valence-electron chi connectivity index (χ0n) is 11.3. The summed E-state index contributed by atoms with van der Waals surface area (Å²) < 4.78 is 10.4. The van der Waals surface area contributed by atoms with Gasteiger partial charge in [-0.1, -0.05) is 0 Å². The first-order chi connectivity index (χ1) is 10.2. The topological polar surface area (TPSA) is 106 Å². The second kappa shape index (κ2) is 7.04. The van der Waals surface area contributed by atoms with Gasteiger partial charge in [0, 0.05) is 12.6 Å². The van der Waals surface area contributed by atoms with Crippen LogP contribution < -0.4 is 15.4 Å². The van der Waals surface area contributed by atoms with Crippen LogP contribution in [0.3, 0.4) is 0 Å². The fourth-order valence-corrected chi connectivity index (χ4v) is 1.46. The van der Waals surface area contributed by atoms with E-state index < -0.39 is 0 Å². The smallest absolute Gasteiger partial charge is 0.258 e. The van der Waals surface area contributed by atoms with Gasteiger partial charge in [-0.2, -0.15) is 0 Å². The molecular formula is C13H14N4O4. The fourth-order valence-electron chi connectivity index (χ4n) is 1.46. The number of carbonyl (C=O) groups excluding carboxylic acids is 2. The van der Waals surface area contributed by atoms with Crippen LogP contribution in [0.5, 0.6) is 5.75 Å². The van der Waals surface area contributed by atoms with E-state index in [0.717, 1.165) is 5.56 Å². The molecule has 0 aliphatic heterocycles. The minimum absolute atomic E-state index is 0.0746. The molecule has 0 aliphatic rings. The minimum atomic E-state index is -0.375. The number of carbonyl (C=O) groups is 2. The van der Waals surface area contributed by atoms with Crippen molar-refractivity contribution in [3.8, 4) is 17.2 Å². The van der Waals surface area contributed by atoms with Crippen LogP contribution in [0, 0.1) is 0 Å². The molecule has 0 saturated carbocycles. The van der Waals surface area contributed by atoms with E-state index in [4.69, 9.17) is 9.15 Å². The summed E-state index contributed by atoms with van der Waals surface area (Å²) in [6.07, 6.45) is 1.25. The molecule has 0 atom stereocenters. The van der Waals surface area contributed by atoms with Crippen molar-refractivity contribution in [3.63, 3.8) is 0 Å². The number of likely N-dealkylation sites (N-methyl/N-ethyl adjacent to an activating group) is 1. The predicted octanol–water partition coefficient (Wildman–Crippen LogP) is -0.0224. The first-order valence-corrected chi connectivity index (χ1v) is 6.15. The van der Waals surface area contributed by atoms with Gasteiger partial charge in [0.05, 0.1) is 6.54 Å². The predicted molar refractivity (Wildman–Crippen MR) is 72.3 cm³/mol. The number of nitrogens with one attached hydrogen (secondary N) is 2. The molecule has 0 fully saturated rings. The average Bonchev–Trinajstić information content (AvgIpc) is 3.05. The third kappa shape index (κ3) is 4.30. The quantitative estimate of drug-likeness (QED) is 0.774. The van der Waals surface area contributed by atoms with Crippen molar-refractivity contribution in [2.24, 2.45) is 0 Å². The van der Waals surface area contributed by atoms with Gasteiger partial charge in [0.15, 0.2) is 6.61 Å². The van der Waals surface area contributed by atoms with E-state index in [-0.39, 0.29) is 25.0 Å². The van der Waals surface area contributed by atoms with E-state index in [1.165, 1.54) is 13.4 Å². The lowest BCUT2D eigenvalue weighted by Crippen LogP contribution is -2.37. The Bertz CT molecular complexity index is 595. The lowest BCUT2D eigenvalue weighted by Gasteiger charge is -2.07. The molecule has 1 aromatic heterocycles. The Hall–Kier alpha value is -2.90. The Morgan fingerprint density at radius 2 is 2.00 bits per heavy atom. The highest BCUT2D eigenvalue weighted by molar-refractivity contribution is 5.85. The molecule has 0 bridgehead atoms. The monoisotopic (exact) mass is 290 g/mol. The van der Waals surface area contributed by atoms with Gasteiger partial charge in [0.1, 0.15) is 5.75 Å². The summed E-state index contributed by atoms with van der Waals surface area (Å²) in [5, 5.41) is 12.2. The van der Waals surface area contributed by atoms with E-state index in [2.05, 4.69) is 20.8 Å². The van der Waals surface area contributed by atoms with E-state index in [1.807, 2.05) is 0 Å². The van der Waals surface area contributed by atoms with Crippen LogP contribution >= 0.6 is 0 Å². The summed E-state index contributed by atoms with van der Waals surface area (Å²) in [6.45, 7) is -0.244. The molecule has 8 heteroatoms. The van der Waals surface area contributed by atoms with Gasteiger partial charge in [0.2, 0.25) is 18.2 Å². The van der Waals surface area contributed by atoms with Crippen LogP contribution in [-0.4, -0.2) is 42.2 Å². The maximum atomic E-state index is 11.4. The molecule has 8 nitrogen and oxygen atoms in total. The standard InChI is InChI=1S/C13H14N4O4/c1-14-11(18)6-15-12(19)7-20-10-4-2-9(3-5-10)13-17-16-8-21-13/h2-5,8H,6-7H2,1H3,(H,14,18)(H,15,19). The number of amides is 2. The zero-order valence-corrected chi connectivity index (χ0v) is 11.3. The Morgan fingerprint density at radius 3 is 2.62 bits per heavy atom. The molecule has 2 aromatic rings. The molecular weight excluding hydrogens is 276 g/mol.